The lowest BCUT2D eigenvalue weighted by Gasteiger charge is -2.25. The molecule has 4 rings (SSSR count). The van der Waals surface area contributed by atoms with Crippen LogP contribution in [0.5, 0.6) is 0 Å². The van der Waals surface area contributed by atoms with E-state index in [4.69, 9.17) is 11.6 Å². The minimum Gasteiger partial charge on any atom is -0.348 e. The summed E-state index contributed by atoms with van der Waals surface area (Å²) < 4.78 is 27.4. The lowest BCUT2D eigenvalue weighted by Crippen LogP contribution is -2.32. The van der Waals surface area contributed by atoms with Crippen LogP contribution in [0.15, 0.2) is 59.5 Å². The van der Waals surface area contributed by atoms with Gasteiger partial charge in [-0.15, -0.1) is 0 Å². The molecule has 0 aliphatic carbocycles. The molecule has 174 valence electrons. The number of pyridine rings is 1. The van der Waals surface area contributed by atoms with E-state index in [9.17, 15) is 13.2 Å². The van der Waals surface area contributed by atoms with Crippen molar-refractivity contribution >= 4 is 39.0 Å². The summed E-state index contributed by atoms with van der Waals surface area (Å²) in [7, 11) is -4.01. The van der Waals surface area contributed by atoms with E-state index in [-0.39, 0.29) is 16.8 Å². The van der Waals surface area contributed by atoms with Gasteiger partial charge in [-0.25, -0.2) is 18.1 Å². The molecule has 1 atom stereocenters. The highest BCUT2D eigenvalue weighted by Gasteiger charge is 2.30. The Morgan fingerprint density at radius 1 is 1.18 bits per heavy atom. The average molecular weight is 495 g/mol. The quantitative estimate of drug-likeness (QED) is 0.518. The van der Waals surface area contributed by atoms with Crippen LogP contribution in [0.1, 0.15) is 39.7 Å². The molecule has 0 bridgehead atoms. The van der Waals surface area contributed by atoms with E-state index >= 15 is 0 Å². The first kappa shape index (κ1) is 23.6. The lowest BCUT2D eigenvalue weighted by molar-refractivity contribution is 0.0976. The summed E-state index contributed by atoms with van der Waals surface area (Å²) in [6.45, 7) is 6.31. The summed E-state index contributed by atoms with van der Waals surface area (Å²) in [6.07, 6.45) is -0.0847. The Labute approximate surface area is 204 Å². The Morgan fingerprint density at radius 2 is 1.91 bits per heavy atom. The summed E-state index contributed by atoms with van der Waals surface area (Å²) in [5, 5.41) is 5.67. The van der Waals surface area contributed by atoms with Crippen molar-refractivity contribution in [3.8, 4) is 11.3 Å². The number of benzene rings is 2. The Morgan fingerprint density at radius 3 is 2.62 bits per heavy atom. The molecule has 3 aromatic rings. The van der Waals surface area contributed by atoms with Gasteiger partial charge < -0.3 is 10.2 Å². The van der Waals surface area contributed by atoms with Gasteiger partial charge in [0.15, 0.2) is 5.82 Å². The third-order valence-corrected chi connectivity index (χ3v) is 6.99. The monoisotopic (exact) mass is 494 g/mol. The van der Waals surface area contributed by atoms with Gasteiger partial charge in [-0.2, -0.15) is 0 Å². The standard InChI is InChI=1S/C25H23ClN4O3S/c1-16-7-9-21(10-8-16)34(32,33)29-25(31)22-13-17(2)23-24(28-22)27-18(3)30(23)15-20-6-4-5-19(14-20)11-12-26/h4-10,13-14,18H,15H2,1-3H3,(H,27,28)(H,29,31). The Bertz CT molecular complexity index is 1430. The molecule has 7 nitrogen and oxygen atoms in total. The summed E-state index contributed by atoms with van der Waals surface area (Å²) >= 11 is 5.53. The predicted octanol–water partition coefficient (Wildman–Crippen LogP) is 4.14. The Balaban J connectivity index is 1.58. The zero-order valence-electron chi connectivity index (χ0n) is 18.9. The van der Waals surface area contributed by atoms with E-state index in [1.807, 2.05) is 45.0 Å². The number of aryl methyl sites for hydroxylation is 2. The van der Waals surface area contributed by atoms with Crippen LogP contribution in [-0.4, -0.2) is 25.5 Å². The van der Waals surface area contributed by atoms with Gasteiger partial charge >= 0.3 is 0 Å². The van der Waals surface area contributed by atoms with Crippen molar-refractivity contribution < 1.29 is 13.2 Å². The Kier molecular flexibility index (Phi) is 6.51. The highest BCUT2D eigenvalue weighted by Crippen LogP contribution is 2.37. The molecule has 9 heteroatoms. The maximum Gasteiger partial charge on any atom is 0.283 e. The molecule has 34 heavy (non-hydrogen) atoms. The van der Waals surface area contributed by atoms with Crippen molar-refractivity contribution in [3.63, 3.8) is 0 Å². The fourth-order valence-electron chi connectivity index (χ4n) is 3.88. The zero-order chi connectivity index (χ0) is 24.5. The number of sulfonamides is 1. The van der Waals surface area contributed by atoms with Crippen LogP contribution in [0.2, 0.25) is 0 Å². The van der Waals surface area contributed by atoms with Gasteiger partial charge in [0.1, 0.15) is 5.69 Å². The highest BCUT2D eigenvalue weighted by atomic mass is 35.5. The molecule has 0 spiro atoms. The van der Waals surface area contributed by atoms with Gasteiger partial charge in [-0.05, 0) is 79.8 Å². The maximum atomic E-state index is 12.8. The number of amides is 1. The third-order valence-electron chi connectivity index (χ3n) is 5.55. The summed E-state index contributed by atoms with van der Waals surface area (Å²) in [4.78, 5) is 19.4. The highest BCUT2D eigenvalue weighted by molar-refractivity contribution is 7.90. The minimum absolute atomic E-state index is 0.0170. The molecular weight excluding hydrogens is 472 g/mol. The summed E-state index contributed by atoms with van der Waals surface area (Å²) in [5.41, 5.74) is 4.47. The molecule has 1 aliphatic heterocycles. The van der Waals surface area contributed by atoms with Gasteiger partial charge in [0.2, 0.25) is 0 Å². The van der Waals surface area contributed by atoms with Crippen molar-refractivity contribution in [1.29, 1.82) is 0 Å². The van der Waals surface area contributed by atoms with E-state index < -0.39 is 15.9 Å². The number of rotatable bonds is 5. The first-order valence-electron chi connectivity index (χ1n) is 10.6. The van der Waals surface area contributed by atoms with Crippen LogP contribution in [0.3, 0.4) is 0 Å². The van der Waals surface area contributed by atoms with Crippen LogP contribution in [-0.2, 0) is 16.6 Å². The van der Waals surface area contributed by atoms with E-state index in [0.29, 0.717) is 12.4 Å². The summed E-state index contributed by atoms with van der Waals surface area (Å²) in [5.74, 6) is 2.59. The van der Waals surface area contributed by atoms with Crippen molar-refractivity contribution in [2.45, 2.75) is 38.4 Å². The number of carbonyl (C=O) groups is 1. The molecule has 1 aromatic heterocycles. The number of fused-ring (bicyclic) bond motifs is 1. The molecule has 2 aromatic carbocycles. The second kappa shape index (κ2) is 9.37. The van der Waals surface area contributed by atoms with Crippen molar-refractivity contribution in [3.05, 3.63) is 82.5 Å². The number of hydrogen-bond acceptors (Lipinski definition) is 6. The van der Waals surface area contributed by atoms with Crippen LogP contribution in [0, 0.1) is 25.1 Å². The Hall–Kier alpha value is -3.54. The number of hydrogen-bond donors (Lipinski definition) is 2. The van der Waals surface area contributed by atoms with Gasteiger partial charge in [-0.1, -0.05) is 29.8 Å². The number of carbonyl (C=O) groups excluding carboxylic acids is 1. The van der Waals surface area contributed by atoms with Crippen LogP contribution >= 0.6 is 11.6 Å². The smallest absolute Gasteiger partial charge is 0.283 e. The average Bonchev–Trinajstić information content (AvgIpc) is 3.09. The van der Waals surface area contributed by atoms with Crippen molar-refractivity contribution in [2.75, 3.05) is 10.2 Å². The molecular formula is C25H23ClN4O3S. The molecule has 2 heterocycles. The maximum absolute atomic E-state index is 12.8. The third kappa shape index (κ3) is 4.86. The van der Waals surface area contributed by atoms with E-state index in [2.05, 4.69) is 31.2 Å². The fourth-order valence-corrected chi connectivity index (χ4v) is 4.95. The topological polar surface area (TPSA) is 91.4 Å². The van der Waals surface area contributed by atoms with Gasteiger partial charge in [0, 0.05) is 17.5 Å². The first-order chi connectivity index (χ1) is 16.2. The molecule has 0 saturated carbocycles. The molecule has 1 amide bonds. The van der Waals surface area contributed by atoms with E-state index in [1.54, 1.807) is 18.2 Å². The molecule has 0 saturated heterocycles. The largest absolute Gasteiger partial charge is 0.348 e. The second-order valence-corrected chi connectivity index (χ2v) is 10.0. The molecule has 0 radical (unpaired) electrons. The van der Waals surface area contributed by atoms with Crippen molar-refractivity contribution in [1.82, 2.24) is 9.71 Å². The predicted molar refractivity (Wildman–Crippen MR) is 133 cm³/mol. The molecule has 2 N–H and O–H groups in total. The van der Waals surface area contributed by atoms with Crippen LogP contribution in [0.25, 0.3) is 0 Å². The fraction of sp³-hybridized carbons (Fsp3) is 0.200. The van der Waals surface area contributed by atoms with Crippen molar-refractivity contribution in [2.24, 2.45) is 0 Å². The zero-order valence-corrected chi connectivity index (χ0v) is 20.5. The number of anilines is 2. The van der Waals surface area contributed by atoms with Gasteiger partial charge in [-0.3, -0.25) is 4.79 Å². The first-order valence-corrected chi connectivity index (χ1v) is 12.4. The van der Waals surface area contributed by atoms with Crippen LogP contribution < -0.4 is 14.9 Å². The molecule has 1 unspecified atom stereocenters. The van der Waals surface area contributed by atoms with Crippen LogP contribution in [0.4, 0.5) is 11.5 Å². The molecule has 0 fully saturated rings. The minimum atomic E-state index is -4.01. The molecule has 1 aliphatic rings. The SMILES string of the molecule is Cc1ccc(S(=O)(=O)NC(=O)c2cc(C)c3c(n2)NC(C)N3Cc2cccc(C#CCl)c2)cc1. The van der Waals surface area contributed by atoms with E-state index in [0.717, 1.165) is 27.9 Å². The van der Waals surface area contributed by atoms with E-state index in [1.165, 1.54) is 12.1 Å². The number of halogens is 1. The number of nitrogens with one attached hydrogen (secondary N) is 2. The van der Waals surface area contributed by atoms with Gasteiger partial charge in [0.05, 0.1) is 16.7 Å². The lowest BCUT2D eigenvalue weighted by atomic mass is 10.1. The summed E-state index contributed by atoms with van der Waals surface area (Å²) in [6, 6.07) is 15.7. The normalized spacial score (nSPS) is 14.6. The number of nitrogens with zero attached hydrogens (tertiary/aromatic N) is 2. The number of aromatic nitrogens is 1. The second-order valence-electron chi connectivity index (χ2n) is 8.14. The van der Waals surface area contributed by atoms with Gasteiger partial charge in [0.25, 0.3) is 15.9 Å².